The van der Waals surface area contributed by atoms with Gasteiger partial charge < -0.3 is 10.6 Å². The number of aromatic nitrogens is 3. The van der Waals surface area contributed by atoms with E-state index in [-0.39, 0.29) is 5.82 Å². The monoisotopic (exact) mass is 275 g/mol. The molecule has 0 bridgehead atoms. The van der Waals surface area contributed by atoms with Crippen molar-refractivity contribution < 1.29 is 4.39 Å². The summed E-state index contributed by atoms with van der Waals surface area (Å²) in [5.74, 6) is 0.957. The van der Waals surface area contributed by atoms with Crippen LogP contribution >= 0.6 is 0 Å². The summed E-state index contributed by atoms with van der Waals surface area (Å²) in [4.78, 5) is 4.30. The largest absolute Gasteiger partial charge is 0.366 e. The lowest BCUT2D eigenvalue weighted by Crippen LogP contribution is -2.14. The van der Waals surface area contributed by atoms with Crippen LogP contribution in [0, 0.1) is 5.82 Å². The van der Waals surface area contributed by atoms with Crippen molar-refractivity contribution in [1.29, 1.82) is 0 Å². The summed E-state index contributed by atoms with van der Waals surface area (Å²) >= 11 is 0. The molecule has 1 aromatic carbocycles. The van der Waals surface area contributed by atoms with Crippen molar-refractivity contribution in [3.8, 4) is 0 Å². The maximum absolute atomic E-state index is 12.8. The van der Waals surface area contributed by atoms with Crippen LogP contribution in [0.15, 0.2) is 30.5 Å². The van der Waals surface area contributed by atoms with Crippen LogP contribution in [0.2, 0.25) is 0 Å². The van der Waals surface area contributed by atoms with Crippen LogP contribution in [0.4, 0.5) is 16.2 Å². The van der Waals surface area contributed by atoms with Crippen molar-refractivity contribution in [3.05, 3.63) is 41.8 Å². The van der Waals surface area contributed by atoms with E-state index in [1.54, 1.807) is 18.3 Å². The quantitative estimate of drug-likeness (QED) is 0.848. The summed E-state index contributed by atoms with van der Waals surface area (Å²) in [7, 11) is 0. The number of anilines is 2. The number of halogens is 1. The molecule has 2 N–H and O–H groups in total. The van der Waals surface area contributed by atoms with Gasteiger partial charge in [-0.2, -0.15) is 10.1 Å². The first-order chi connectivity index (χ1) is 9.63. The Labute approximate surface area is 117 Å². The topological polar surface area (TPSA) is 62.7 Å². The van der Waals surface area contributed by atoms with Gasteiger partial charge in [0.2, 0.25) is 5.95 Å². The predicted molar refractivity (Wildman–Crippen MR) is 77.2 cm³/mol. The second-order valence-corrected chi connectivity index (χ2v) is 4.77. The van der Waals surface area contributed by atoms with E-state index in [0.717, 1.165) is 12.0 Å². The minimum Gasteiger partial charge on any atom is -0.366 e. The molecule has 0 aliphatic heterocycles. The lowest BCUT2D eigenvalue weighted by atomic mass is 10.1. The molecule has 0 unspecified atom stereocenters. The molecular formula is C14H18FN5. The second-order valence-electron chi connectivity index (χ2n) is 4.77. The number of nitrogens with one attached hydrogen (secondary N) is 2. The molecule has 0 saturated heterocycles. The van der Waals surface area contributed by atoms with E-state index in [1.165, 1.54) is 12.1 Å². The summed E-state index contributed by atoms with van der Waals surface area (Å²) < 4.78 is 12.8. The molecule has 0 fully saturated rings. The highest BCUT2D eigenvalue weighted by atomic mass is 19.1. The first kappa shape index (κ1) is 14.2. The highest BCUT2D eigenvalue weighted by Gasteiger charge is 2.01. The molecular weight excluding hydrogens is 257 g/mol. The van der Waals surface area contributed by atoms with Gasteiger partial charge in [-0.1, -0.05) is 12.1 Å². The van der Waals surface area contributed by atoms with Crippen LogP contribution in [0.1, 0.15) is 19.4 Å². The molecule has 2 aromatic rings. The third-order valence-electron chi connectivity index (χ3n) is 2.61. The number of hydrogen-bond donors (Lipinski definition) is 2. The Balaban J connectivity index is 1.86. The Kier molecular flexibility index (Phi) is 4.81. The molecule has 1 heterocycles. The van der Waals surface area contributed by atoms with Crippen molar-refractivity contribution in [2.75, 3.05) is 17.2 Å². The van der Waals surface area contributed by atoms with Crippen LogP contribution in [0.25, 0.3) is 0 Å². The fourth-order valence-corrected chi connectivity index (χ4v) is 1.71. The van der Waals surface area contributed by atoms with Gasteiger partial charge in [0, 0.05) is 12.6 Å². The molecule has 106 valence electrons. The second kappa shape index (κ2) is 6.79. The van der Waals surface area contributed by atoms with Gasteiger partial charge in [0.15, 0.2) is 5.82 Å². The number of nitrogens with zero attached hydrogens (tertiary/aromatic N) is 3. The van der Waals surface area contributed by atoms with Crippen LogP contribution in [0.3, 0.4) is 0 Å². The van der Waals surface area contributed by atoms with Gasteiger partial charge in [-0.05, 0) is 38.0 Å². The van der Waals surface area contributed by atoms with Crippen LogP contribution in [0.5, 0.6) is 0 Å². The fourth-order valence-electron chi connectivity index (χ4n) is 1.71. The van der Waals surface area contributed by atoms with E-state index in [2.05, 4.69) is 25.8 Å². The Bertz CT molecular complexity index is 542. The summed E-state index contributed by atoms with van der Waals surface area (Å²) in [6.45, 7) is 4.73. The average Bonchev–Trinajstić information content (AvgIpc) is 2.41. The first-order valence-electron chi connectivity index (χ1n) is 6.58. The highest BCUT2D eigenvalue weighted by Crippen LogP contribution is 2.06. The van der Waals surface area contributed by atoms with Gasteiger partial charge in [-0.15, -0.1) is 5.10 Å². The Morgan fingerprint density at radius 3 is 2.65 bits per heavy atom. The summed E-state index contributed by atoms with van der Waals surface area (Å²) in [6.07, 6.45) is 2.36. The third kappa shape index (κ3) is 4.46. The molecule has 0 aliphatic rings. The third-order valence-corrected chi connectivity index (χ3v) is 2.61. The lowest BCUT2D eigenvalue weighted by molar-refractivity contribution is 0.627. The molecule has 0 atom stereocenters. The summed E-state index contributed by atoms with van der Waals surface area (Å²) in [5.41, 5.74) is 1.06. The van der Waals surface area contributed by atoms with Gasteiger partial charge in [0.05, 0.1) is 6.20 Å². The fraction of sp³-hybridized carbons (Fsp3) is 0.357. The molecule has 0 radical (unpaired) electrons. The van der Waals surface area contributed by atoms with Gasteiger partial charge >= 0.3 is 0 Å². The van der Waals surface area contributed by atoms with E-state index in [9.17, 15) is 4.39 Å². The highest BCUT2D eigenvalue weighted by molar-refractivity contribution is 5.37. The zero-order valence-electron chi connectivity index (χ0n) is 11.6. The van der Waals surface area contributed by atoms with Crippen molar-refractivity contribution in [3.63, 3.8) is 0 Å². The van der Waals surface area contributed by atoms with Crippen molar-refractivity contribution >= 4 is 11.8 Å². The van der Waals surface area contributed by atoms with Crippen molar-refractivity contribution in [2.24, 2.45) is 0 Å². The van der Waals surface area contributed by atoms with Crippen LogP contribution in [-0.2, 0) is 6.42 Å². The molecule has 2 rings (SSSR count). The molecule has 5 nitrogen and oxygen atoms in total. The molecule has 0 saturated carbocycles. The maximum Gasteiger partial charge on any atom is 0.244 e. The summed E-state index contributed by atoms with van der Waals surface area (Å²) in [6, 6.07) is 6.75. The Morgan fingerprint density at radius 2 is 1.95 bits per heavy atom. The van der Waals surface area contributed by atoms with E-state index in [0.29, 0.717) is 24.4 Å². The van der Waals surface area contributed by atoms with E-state index < -0.39 is 0 Å². The van der Waals surface area contributed by atoms with Gasteiger partial charge in [0.1, 0.15) is 5.82 Å². The first-order valence-corrected chi connectivity index (χ1v) is 6.58. The van der Waals surface area contributed by atoms with Crippen molar-refractivity contribution in [1.82, 2.24) is 15.2 Å². The number of rotatable bonds is 6. The maximum atomic E-state index is 12.8. The molecule has 1 aromatic heterocycles. The van der Waals surface area contributed by atoms with Gasteiger partial charge in [0.25, 0.3) is 0 Å². The van der Waals surface area contributed by atoms with Crippen molar-refractivity contribution in [2.45, 2.75) is 26.3 Å². The Hall–Kier alpha value is -2.24. The van der Waals surface area contributed by atoms with Gasteiger partial charge in [-0.3, -0.25) is 0 Å². The number of benzene rings is 1. The standard InChI is InChI=1S/C14H18FN5/c1-10(2)18-13-9-17-20-14(19-13)16-8-7-11-3-5-12(15)6-4-11/h3-6,9-10H,7-8H2,1-2H3,(H2,16,18,19,20). The minimum atomic E-state index is -0.221. The van der Waals surface area contributed by atoms with Gasteiger partial charge in [-0.25, -0.2) is 4.39 Å². The van der Waals surface area contributed by atoms with E-state index in [4.69, 9.17) is 0 Å². The zero-order valence-corrected chi connectivity index (χ0v) is 11.6. The van der Waals surface area contributed by atoms with Crippen LogP contribution in [-0.4, -0.2) is 27.8 Å². The summed E-state index contributed by atoms with van der Waals surface area (Å²) in [5, 5.41) is 14.1. The molecule has 0 amide bonds. The lowest BCUT2D eigenvalue weighted by Gasteiger charge is -2.09. The molecule has 20 heavy (non-hydrogen) atoms. The van der Waals surface area contributed by atoms with E-state index >= 15 is 0 Å². The van der Waals surface area contributed by atoms with Crippen LogP contribution < -0.4 is 10.6 Å². The number of hydrogen-bond acceptors (Lipinski definition) is 5. The molecule has 0 aliphatic carbocycles. The molecule has 6 heteroatoms. The smallest absolute Gasteiger partial charge is 0.244 e. The molecule has 0 spiro atoms. The normalized spacial score (nSPS) is 10.6. The Morgan fingerprint density at radius 1 is 1.20 bits per heavy atom. The average molecular weight is 275 g/mol. The zero-order chi connectivity index (χ0) is 14.4. The predicted octanol–water partition coefficient (Wildman–Crippen LogP) is 2.49. The van der Waals surface area contributed by atoms with E-state index in [1.807, 2.05) is 13.8 Å². The minimum absolute atomic E-state index is 0.221. The SMILES string of the molecule is CC(C)Nc1cnnc(NCCc2ccc(F)cc2)n1.